The van der Waals surface area contributed by atoms with Gasteiger partial charge >= 0.3 is 0 Å². The summed E-state index contributed by atoms with van der Waals surface area (Å²) in [4.78, 5) is 2.63. The topological polar surface area (TPSA) is 30.3 Å². The normalized spacial score (nSPS) is 23.5. The van der Waals surface area contributed by atoms with E-state index in [1.165, 1.54) is 40.4 Å². The van der Waals surface area contributed by atoms with Crippen molar-refractivity contribution in [1.29, 1.82) is 0 Å². The fourth-order valence-corrected chi connectivity index (χ4v) is 5.93. The molecule has 4 nitrogen and oxygen atoms in total. The zero-order chi connectivity index (χ0) is 22.8. The number of rotatable bonds is 6. The Hall–Kier alpha value is -2.95. The molecule has 2 aliphatic rings. The van der Waals surface area contributed by atoms with E-state index < -0.39 is 0 Å². The number of aromatic nitrogens is 2. The van der Waals surface area contributed by atoms with Crippen LogP contribution in [0, 0.1) is 0 Å². The van der Waals surface area contributed by atoms with Crippen LogP contribution >= 0.6 is 0 Å². The monoisotopic (exact) mass is 451 g/mol. The van der Waals surface area contributed by atoms with E-state index in [0.717, 1.165) is 45.5 Å². The van der Waals surface area contributed by atoms with Crippen molar-refractivity contribution in [3.63, 3.8) is 0 Å². The molecule has 0 N–H and O–H groups in total. The van der Waals surface area contributed by atoms with E-state index in [0.29, 0.717) is 0 Å². The van der Waals surface area contributed by atoms with Gasteiger partial charge in [-0.3, -0.25) is 4.90 Å². The molecule has 3 heterocycles. The Morgan fingerprint density at radius 2 is 1.71 bits per heavy atom. The van der Waals surface area contributed by atoms with Gasteiger partial charge in [0.05, 0.1) is 11.7 Å². The van der Waals surface area contributed by atoms with Crippen LogP contribution in [0.3, 0.4) is 0 Å². The maximum Gasteiger partial charge on any atom is 0.150 e. The summed E-state index contributed by atoms with van der Waals surface area (Å²) in [6, 6.07) is 28.9. The van der Waals surface area contributed by atoms with Gasteiger partial charge in [-0.15, -0.1) is 0 Å². The molecule has 2 saturated heterocycles. The van der Waals surface area contributed by atoms with E-state index in [2.05, 4.69) is 88.4 Å². The molecule has 4 heteroatoms. The predicted octanol–water partition coefficient (Wildman–Crippen LogP) is 6.12. The molecule has 2 fully saturated rings. The lowest BCUT2D eigenvalue weighted by Crippen LogP contribution is -2.33. The SMILES string of the molecule is c1ccc(CN2CC[C@@](Cc3ccccc3)(c3ccc4c(cnn4[C@@H]4CCCCO4)c3)C2)cc1. The van der Waals surface area contributed by atoms with Crippen molar-refractivity contribution < 1.29 is 4.74 Å². The molecule has 0 spiro atoms. The van der Waals surface area contributed by atoms with Gasteiger partial charge in [0, 0.05) is 30.5 Å². The maximum atomic E-state index is 6.02. The fraction of sp³-hybridized carbons (Fsp3) is 0.367. The van der Waals surface area contributed by atoms with Gasteiger partial charge in [-0.25, -0.2) is 4.68 Å². The molecule has 174 valence electrons. The highest BCUT2D eigenvalue weighted by Crippen LogP contribution is 2.40. The summed E-state index contributed by atoms with van der Waals surface area (Å²) in [5, 5.41) is 5.97. The summed E-state index contributed by atoms with van der Waals surface area (Å²) in [5.74, 6) is 0. The molecule has 0 amide bonds. The Balaban J connectivity index is 1.32. The Morgan fingerprint density at radius 1 is 0.912 bits per heavy atom. The van der Waals surface area contributed by atoms with Crippen molar-refractivity contribution >= 4 is 10.9 Å². The van der Waals surface area contributed by atoms with Crippen molar-refractivity contribution in [2.45, 2.75) is 50.3 Å². The number of ether oxygens (including phenoxy) is 1. The van der Waals surface area contributed by atoms with Gasteiger partial charge < -0.3 is 4.74 Å². The first-order chi connectivity index (χ1) is 16.8. The number of nitrogens with zero attached hydrogens (tertiary/aromatic N) is 3. The lowest BCUT2D eigenvalue weighted by Gasteiger charge is -2.31. The summed E-state index contributed by atoms with van der Waals surface area (Å²) < 4.78 is 8.12. The summed E-state index contributed by atoms with van der Waals surface area (Å²) in [5.41, 5.74) is 5.53. The van der Waals surface area contributed by atoms with Crippen LogP contribution in [0.1, 0.15) is 48.6 Å². The third-order valence-electron chi connectivity index (χ3n) is 7.70. The molecule has 6 rings (SSSR count). The van der Waals surface area contributed by atoms with Crippen molar-refractivity contribution in [3.05, 3.63) is 102 Å². The van der Waals surface area contributed by atoms with Crippen molar-refractivity contribution in [1.82, 2.24) is 14.7 Å². The van der Waals surface area contributed by atoms with Crippen LogP contribution in [0.4, 0.5) is 0 Å². The lowest BCUT2D eigenvalue weighted by atomic mass is 9.74. The van der Waals surface area contributed by atoms with Crippen LogP contribution < -0.4 is 0 Å². The second kappa shape index (κ2) is 9.36. The highest BCUT2D eigenvalue weighted by atomic mass is 16.5. The van der Waals surface area contributed by atoms with Gasteiger partial charge in [-0.05, 0) is 67.5 Å². The second-order valence-electron chi connectivity index (χ2n) is 10.1. The van der Waals surface area contributed by atoms with Crippen LogP contribution in [0.2, 0.25) is 0 Å². The van der Waals surface area contributed by atoms with Crippen LogP contribution in [0.25, 0.3) is 10.9 Å². The molecular formula is C30H33N3O. The highest BCUT2D eigenvalue weighted by molar-refractivity contribution is 5.80. The molecule has 3 aromatic carbocycles. The zero-order valence-electron chi connectivity index (χ0n) is 19.8. The molecule has 0 unspecified atom stereocenters. The Morgan fingerprint density at radius 3 is 2.47 bits per heavy atom. The van der Waals surface area contributed by atoms with Gasteiger partial charge in [-0.2, -0.15) is 5.10 Å². The van der Waals surface area contributed by atoms with Crippen LogP contribution in [0.5, 0.6) is 0 Å². The van der Waals surface area contributed by atoms with Crippen LogP contribution in [0.15, 0.2) is 85.1 Å². The van der Waals surface area contributed by atoms with Gasteiger partial charge in [0.2, 0.25) is 0 Å². The summed E-state index contributed by atoms with van der Waals surface area (Å²) >= 11 is 0. The third-order valence-corrected chi connectivity index (χ3v) is 7.70. The molecule has 2 atom stereocenters. The molecular weight excluding hydrogens is 418 g/mol. The van der Waals surface area contributed by atoms with Crippen LogP contribution in [-0.4, -0.2) is 34.4 Å². The second-order valence-corrected chi connectivity index (χ2v) is 10.1. The number of benzene rings is 3. The first kappa shape index (κ1) is 21.6. The molecule has 34 heavy (non-hydrogen) atoms. The number of hydrogen-bond acceptors (Lipinski definition) is 3. The fourth-order valence-electron chi connectivity index (χ4n) is 5.93. The third kappa shape index (κ3) is 4.28. The van der Waals surface area contributed by atoms with Crippen molar-refractivity contribution in [3.8, 4) is 0 Å². The van der Waals surface area contributed by atoms with Gasteiger partial charge in [0.25, 0.3) is 0 Å². The summed E-state index contributed by atoms with van der Waals surface area (Å²) in [6.07, 6.45) is 7.74. The first-order valence-electron chi connectivity index (χ1n) is 12.7. The highest BCUT2D eigenvalue weighted by Gasteiger charge is 2.40. The Bertz CT molecular complexity index is 1230. The summed E-state index contributed by atoms with van der Waals surface area (Å²) in [7, 11) is 0. The van der Waals surface area contributed by atoms with Gasteiger partial charge in [-0.1, -0.05) is 66.7 Å². The minimum atomic E-state index is 0.0724. The van der Waals surface area contributed by atoms with Crippen molar-refractivity contribution in [2.24, 2.45) is 0 Å². The van der Waals surface area contributed by atoms with E-state index in [1.54, 1.807) is 0 Å². The number of fused-ring (bicyclic) bond motifs is 1. The zero-order valence-corrected chi connectivity index (χ0v) is 19.8. The molecule has 0 aliphatic carbocycles. The van der Waals surface area contributed by atoms with Gasteiger partial charge in [0.1, 0.15) is 0 Å². The van der Waals surface area contributed by atoms with E-state index in [9.17, 15) is 0 Å². The van der Waals surface area contributed by atoms with E-state index in [4.69, 9.17) is 9.84 Å². The predicted molar refractivity (Wildman–Crippen MR) is 137 cm³/mol. The van der Waals surface area contributed by atoms with Crippen LogP contribution in [-0.2, 0) is 23.1 Å². The van der Waals surface area contributed by atoms with Crippen molar-refractivity contribution in [2.75, 3.05) is 19.7 Å². The molecule has 2 aliphatic heterocycles. The van der Waals surface area contributed by atoms with E-state index in [-0.39, 0.29) is 11.6 Å². The Labute approximate surface area is 202 Å². The van der Waals surface area contributed by atoms with Gasteiger partial charge in [0.15, 0.2) is 6.23 Å². The molecule has 0 radical (unpaired) electrons. The summed E-state index contributed by atoms with van der Waals surface area (Å²) in [6.45, 7) is 4.04. The standard InChI is InChI=1S/C30H33N3O/c1-3-9-24(10-4-1)20-30(16-17-32(23-30)22-25-11-5-2-6-12-25)27-14-15-28-26(19-27)21-31-33(28)29-13-7-8-18-34-29/h1-6,9-12,14-15,19,21,29H,7-8,13,16-18,20,22-23H2/t29-,30-/m0/s1. The van der Waals surface area contributed by atoms with E-state index in [1.807, 2.05) is 6.20 Å². The number of hydrogen-bond donors (Lipinski definition) is 0. The molecule has 4 aromatic rings. The average Bonchev–Trinajstić information content (AvgIpc) is 3.50. The number of likely N-dealkylation sites (tertiary alicyclic amines) is 1. The minimum absolute atomic E-state index is 0.0724. The lowest BCUT2D eigenvalue weighted by molar-refractivity contribution is -0.0366. The Kier molecular flexibility index (Phi) is 5.94. The first-order valence-corrected chi connectivity index (χ1v) is 12.7. The largest absolute Gasteiger partial charge is 0.356 e. The maximum absolute atomic E-state index is 6.02. The minimum Gasteiger partial charge on any atom is -0.356 e. The molecule has 0 saturated carbocycles. The average molecular weight is 452 g/mol. The molecule has 1 aromatic heterocycles. The quantitative estimate of drug-likeness (QED) is 0.354. The molecule has 0 bridgehead atoms. The smallest absolute Gasteiger partial charge is 0.150 e. The van der Waals surface area contributed by atoms with E-state index >= 15 is 0 Å².